The van der Waals surface area contributed by atoms with Crippen LogP contribution in [0.5, 0.6) is 5.75 Å². The number of carbonyl (C=O) groups is 2. The van der Waals surface area contributed by atoms with E-state index in [4.69, 9.17) is 14.2 Å². The van der Waals surface area contributed by atoms with Crippen LogP contribution in [0.4, 0.5) is 15.3 Å². The van der Waals surface area contributed by atoms with Crippen LogP contribution in [0.3, 0.4) is 0 Å². The van der Waals surface area contributed by atoms with Crippen molar-refractivity contribution in [2.45, 2.75) is 59.7 Å². The Hall–Kier alpha value is -2.48. The number of piperazine rings is 1. The van der Waals surface area contributed by atoms with Crippen LogP contribution in [0, 0.1) is 0 Å². The molecule has 1 aliphatic rings. The monoisotopic (exact) mass is 449 g/mol. The van der Waals surface area contributed by atoms with E-state index in [-0.39, 0.29) is 17.8 Å². The average Bonchev–Trinajstić information content (AvgIpc) is 2.68. The first-order valence-electron chi connectivity index (χ1n) is 11.3. The highest BCUT2D eigenvalue weighted by molar-refractivity contribution is 5.87. The second kappa shape index (κ2) is 10.9. The molecule has 1 saturated heterocycles. The van der Waals surface area contributed by atoms with Gasteiger partial charge in [0.2, 0.25) is 0 Å². The van der Waals surface area contributed by atoms with Crippen LogP contribution < -0.4 is 9.64 Å². The molecule has 1 aromatic carbocycles. The zero-order valence-electron chi connectivity index (χ0n) is 20.6. The van der Waals surface area contributed by atoms with Crippen LogP contribution in [-0.2, 0) is 9.47 Å². The molecule has 2 amide bonds. The maximum Gasteiger partial charge on any atom is 0.414 e. The topological polar surface area (TPSA) is 71.6 Å². The van der Waals surface area contributed by atoms with Crippen molar-refractivity contribution in [2.75, 3.05) is 50.8 Å². The first-order valence-corrected chi connectivity index (χ1v) is 11.3. The Kier molecular flexibility index (Phi) is 8.78. The van der Waals surface area contributed by atoms with Crippen LogP contribution in [0.1, 0.15) is 48.5 Å². The van der Waals surface area contributed by atoms with E-state index in [0.717, 1.165) is 24.5 Å². The Balaban J connectivity index is 1.77. The van der Waals surface area contributed by atoms with Crippen molar-refractivity contribution in [3.63, 3.8) is 0 Å². The lowest BCUT2D eigenvalue weighted by atomic mass is 10.2. The number of carbonyl (C=O) groups excluding carboxylic acids is 2. The van der Waals surface area contributed by atoms with Crippen molar-refractivity contribution < 1.29 is 23.8 Å². The van der Waals surface area contributed by atoms with E-state index in [1.165, 1.54) is 0 Å². The van der Waals surface area contributed by atoms with E-state index in [0.29, 0.717) is 32.8 Å². The molecular weight excluding hydrogens is 410 g/mol. The van der Waals surface area contributed by atoms with Crippen molar-refractivity contribution in [1.82, 2.24) is 9.80 Å². The molecule has 8 heteroatoms. The lowest BCUT2D eigenvalue weighted by Gasteiger charge is -2.35. The molecule has 32 heavy (non-hydrogen) atoms. The van der Waals surface area contributed by atoms with Gasteiger partial charge in [-0.25, -0.2) is 9.59 Å². The van der Waals surface area contributed by atoms with E-state index in [1.807, 2.05) is 72.7 Å². The van der Waals surface area contributed by atoms with E-state index in [9.17, 15) is 9.59 Å². The molecule has 8 nitrogen and oxygen atoms in total. The number of benzene rings is 1. The third kappa shape index (κ3) is 8.57. The molecular formula is C24H39N3O5. The first kappa shape index (κ1) is 25.8. The number of rotatable bonds is 6. The molecule has 0 radical (unpaired) electrons. The van der Waals surface area contributed by atoms with Gasteiger partial charge in [-0.05, 0) is 72.7 Å². The molecule has 0 saturated carbocycles. The van der Waals surface area contributed by atoms with E-state index in [2.05, 4.69) is 4.90 Å². The maximum absolute atomic E-state index is 12.6. The van der Waals surface area contributed by atoms with Crippen LogP contribution in [0.2, 0.25) is 0 Å². The van der Waals surface area contributed by atoms with Crippen LogP contribution in [-0.4, -0.2) is 79.1 Å². The molecule has 0 unspecified atom stereocenters. The highest BCUT2D eigenvalue weighted by Gasteiger charge is 2.26. The second-order valence-electron chi connectivity index (χ2n) is 9.88. The van der Waals surface area contributed by atoms with Gasteiger partial charge in [-0.15, -0.1) is 0 Å². The second-order valence-corrected chi connectivity index (χ2v) is 9.88. The van der Waals surface area contributed by atoms with E-state index in [1.54, 1.807) is 9.80 Å². The minimum absolute atomic E-state index is 0.275. The summed E-state index contributed by atoms with van der Waals surface area (Å²) in [6, 6.07) is 7.45. The standard InChI is InChI=1S/C24H39N3O5/c1-8-27(19-9-11-20(12-10-19)31-23(2,3)4)22(29)30-18-17-25-13-15-26(16-14-25)21(28)32-24(5,6)7/h9-12H,8,13-18H2,1-7H3. The van der Waals surface area contributed by atoms with Gasteiger partial charge in [-0.1, -0.05) is 0 Å². The highest BCUT2D eigenvalue weighted by atomic mass is 16.6. The third-order valence-electron chi connectivity index (χ3n) is 4.77. The summed E-state index contributed by atoms with van der Waals surface area (Å²) in [6.45, 7) is 17.6. The van der Waals surface area contributed by atoms with Gasteiger partial charge in [0, 0.05) is 45.0 Å². The van der Waals surface area contributed by atoms with E-state index >= 15 is 0 Å². The number of ether oxygens (including phenoxy) is 3. The fraction of sp³-hybridized carbons (Fsp3) is 0.667. The first-order chi connectivity index (χ1) is 14.9. The molecule has 0 N–H and O–H groups in total. The van der Waals surface area contributed by atoms with Gasteiger partial charge in [0.05, 0.1) is 0 Å². The number of anilines is 1. The minimum Gasteiger partial charge on any atom is -0.488 e. The van der Waals surface area contributed by atoms with Gasteiger partial charge in [0.25, 0.3) is 0 Å². The number of hydrogen-bond acceptors (Lipinski definition) is 6. The number of nitrogens with zero attached hydrogens (tertiary/aromatic N) is 3. The Morgan fingerprint density at radius 2 is 1.53 bits per heavy atom. The zero-order valence-corrected chi connectivity index (χ0v) is 20.6. The Morgan fingerprint density at radius 3 is 2.03 bits per heavy atom. The summed E-state index contributed by atoms with van der Waals surface area (Å²) in [5, 5.41) is 0. The lowest BCUT2D eigenvalue weighted by molar-refractivity contribution is 0.0132. The molecule has 1 heterocycles. The summed E-state index contributed by atoms with van der Waals surface area (Å²) in [4.78, 5) is 30.3. The summed E-state index contributed by atoms with van der Waals surface area (Å²) in [7, 11) is 0. The van der Waals surface area contributed by atoms with Crippen molar-refractivity contribution in [2.24, 2.45) is 0 Å². The molecule has 180 valence electrons. The molecule has 1 aliphatic heterocycles. The Labute approximate surface area is 192 Å². The molecule has 0 aromatic heterocycles. The molecule has 0 spiro atoms. The van der Waals surface area contributed by atoms with Gasteiger partial charge >= 0.3 is 12.2 Å². The van der Waals surface area contributed by atoms with Crippen molar-refractivity contribution in [3.05, 3.63) is 24.3 Å². The Morgan fingerprint density at radius 1 is 0.938 bits per heavy atom. The molecule has 1 fully saturated rings. The third-order valence-corrected chi connectivity index (χ3v) is 4.77. The average molecular weight is 450 g/mol. The fourth-order valence-corrected chi connectivity index (χ4v) is 3.29. The van der Waals surface area contributed by atoms with Gasteiger partial charge in [-0.2, -0.15) is 0 Å². The van der Waals surface area contributed by atoms with Crippen LogP contribution in [0.25, 0.3) is 0 Å². The van der Waals surface area contributed by atoms with Crippen LogP contribution >= 0.6 is 0 Å². The quantitative estimate of drug-likeness (QED) is 0.642. The molecule has 0 bridgehead atoms. The molecule has 0 atom stereocenters. The smallest absolute Gasteiger partial charge is 0.414 e. The van der Waals surface area contributed by atoms with E-state index < -0.39 is 5.60 Å². The predicted molar refractivity (Wildman–Crippen MR) is 125 cm³/mol. The van der Waals surface area contributed by atoms with Crippen molar-refractivity contribution in [3.8, 4) is 5.75 Å². The van der Waals surface area contributed by atoms with Crippen molar-refractivity contribution in [1.29, 1.82) is 0 Å². The van der Waals surface area contributed by atoms with Gasteiger partial charge in [-0.3, -0.25) is 9.80 Å². The Bertz CT molecular complexity index is 744. The highest BCUT2D eigenvalue weighted by Crippen LogP contribution is 2.23. The molecule has 2 rings (SSSR count). The zero-order chi connectivity index (χ0) is 23.9. The minimum atomic E-state index is -0.493. The molecule has 1 aromatic rings. The number of amides is 2. The van der Waals surface area contributed by atoms with Gasteiger partial charge in [0.1, 0.15) is 23.6 Å². The normalized spacial score (nSPS) is 15.3. The SMILES string of the molecule is CCN(C(=O)OCCN1CCN(C(=O)OC(C)(C)C)CC1)c1ccc(OC(C)(C)C)cc1. The number of hydrogen-bond donors (Lipinski definition) is 0. The fourth-order valence-electron chi connectivity index (χ4n) is 3.29. The molecule has 0 aliphatic carbocycles. The predicted octanol–water partition coefficient (Wildman–Crippen LogP) is 4.38. The summed E-state index contributed by atoms with van der Waals surface area (Å²) >= 11 is 0. The van der Waals surface area contributed by atoms with Crippen molar-refractivity contribution >= 4 is 17.9 Å². The lowest BCUT2D eigenvalue weighted by Crippen LogP contribution is -2.50. The van der Waals surface area contributed by atoms with Gasteiger partial charge < -0.3 is 19.1 Å². The largest absolute Gasteiger partial charge is 0.488 e. The maximum atomic E-state index is 12.6. The summed E-state index contributed by atoms with van der Waals surface area (Å²) in [5.74, 6) is 0.760. The summed E-state index contributed by atoms with van der Waals surface area (Å²) in [5.41, 5.74) is 0.00119. The summed E-state index contributed by atoms with van der Waals surface area (Å²) in [6.07, 6.45) is -0.648. The summed E-state index contributed by atoms with van der Waals surface area (Å²) < 4.78 is 16.8. The van der Waals surface area contributed by atoms with Crippen LogP contribution in [0.15, 0.2) is 24.3 Å². The van der Waals surface area contributed by atoms with Gasteiger partial charge in [0.15, 0.2) is 0 Å².